The van der Waals surface area contributed by atoms with Crippen LogP contribution in [-0.2, 0) is 0 Å². The van der Waals surface area contributed by atoms with Gasteiger partial charge in [-0.2, -0.15) is 0 Å². The van der Waals surface area contributed by atoms with Gasteiger partial charge in [0, 0.05) is 23.3 Å². The monoisotopic (exact) mass is 330 g/mol. The van der Waals surface area contributed by atoms with E-state index in [1.807, 2.05) is 12.1 Å². The molecular weight excluding hydrogens is 312 g/mol. The normalized spacial score (nSPS) is 11.0. The van der Waals surface area contributed by atoms with Crippen LogP contribution < -0.4 is 5.32 Å². The fraction of sp³-hybridized carbons (Fsp3) is 0.294. The lowest BCUT2D eigenvalue weighted by molar-refractivity contribution is 0.468. The van der Waals surface area contributed by atoms with Gasteiger partial charge >= 0.3 is 0 Å². The number of unbranched alkanes of at least 4 members (excludes halogenated alkanes) is 2. The molecular formula is C17H19ClN4O. The maximum Gasteiger partial charge on any atom is 0.145 e. The maximum atomic E-state index is 10.3. The highest BCUT2D eigenvalue weighted by atomic mass is 35.5. The number of benzene rings is 2. The number of hydrogen-bond donors (Lipinski definition) is 2. The van der Waals surface area contributed by atoms with E-state index >= 15 is 0 Å². The molecule has 0 saturated carbocycles. The Morgan fingerprint density at radius 2 is 1.91 bits per heavy atom. The Bertz CT molecular complexity index is 815. The van der Waals surface area contributed by atoms with Gasteiger partial charge in [0.2, 0.25) is 0 Å². The van der Waals surface area contributed by atoms with E-state index < -0.39 is 0 Å². The quantitative estimate of drug-likeness (QED) is 0.658. The largest absolute Gasteiger partial charge is 0.506 e. The lowest BCUT2D eigenvalue weighted by atomic mass is 10.2. The molecule has 6 heteroatoms. The summed E-state index contributed by atoms with van der Waals surface area (Å²) in [5.41, 5.74) is 2.85. The predicted molar refractivity (Wildman–Crippen MR) is 93.6 cm³/mol. The summed E-state index contributed by atoms with van der Waals surface area (Å²) in [6, 6.07) is 10.7. The highest BCUT2D eigenvalue weighted by Gasteiger charge is 2.09. The Labute approximate surface area is 139 Å². The van der Waals surface area contributed by atoms with Gasteiger partial charge < -0.3 is 10.4 Å². The molecule has 120 valence electrons. The van der Waals surface area contributed by atoms with E-state index in [2.05, 4.69) is 22.4 Å². The molecule has 0 saturated heterocycles. The molecule has 0 atom stereocenters. The van der Waals surface area contributed by atoms with Crippen molar-refractivity contribution >= 4 is 28.3 Å². The molecule has 0 fully saturated rings. The second kappa shape index (κ2) is 6.87. The third-order valence-electron chi connectivity index (χ3n) is 3.64. The zero-order valence-electron chi connectivity index (χ0n) is 13.0. The van der Waals surface area contributed by atoms with E-state index in [0.29, 0.717) is 16.2 Å². The van der Waals surface area contributed by atoms with Gasteiger partial charge in [0.05, 0.1) is 0 Å². The Balaban J connectivity index is 1.81. The lowest BCUT2D eigenvalue weighted by Crippen LogP contribution is -2.03. The number of rotatable bonds is 6. The summed E-state index contributed by atoms with van der Waals surface area (Å²) in [5, 5.41) is 22.9. The molecule has 3 aromatic rings. The van der Waals surface area contributed by atoms with Crippen molar-refractivity contribution in [1.82, 2.24) is 15.0 Å². The SMILES string of the molecule is CCCCCNc1ccc(-n2nc3ccc(Cl)cc3n2)c(O)c1. The van der Waals surface area contributed by atoms with Crippen LogP contribution in [0.2, 0.25) is 5.02 Å². The maximum absolute atomic E-state index is 10.3. The number of phenols is 1. The second-order valence-corrected chi connectivity index (χ2v) is 5.90. The van der Waals surface area contributed by atoms with Crippen molar-refractivity contribution in [2.45, 2.75) is 26.2 Å². The summed E-state index contributed by atoms with van der Waals surface area (Å²) >= 11 is 5.96. The minimum absolute atomic E-state index is 0.136. The molecule has 0 aliphatic rings. The molecule has 0 radical (unpaired) electrons. The molecule has 0 unspecified atom stereocenters. The number of fused-ring (bicyclic) bond motifs is 1. The van der Waals surface area contributed by atoms with Crippen LogP contribution in [0.1, 0.15) is 26.2 Å². The number of anilines is 1. The summed E-state index contributed by atoms with van der Waals surface area (Å²) in [5.74, 6) is 0.136. The molecule has 0 aliphatic carbocycles. The average Bonchev–Trinajstić information content (AvgIpc) is 2.94. The van der Waals surface area contributed by atoms with Gasteiger partial charge in [0.1, 0.15) is 22.5 Å². The zero-order chi connectivity index (χ0) is 16.2. The predicted octanol–water partition coefficient (Wildman–Crippen LogP) is 4.38. The molecule has 1 heterocycles. The van der Waals surface area contributed by atoms with Crippen molar-refractivity contribution in [1.29, 1.82) is 0 Å². The summed E-state index contributed by atoms with van der Waals surface area (Å²) in [4.78, 5) is 1.43. The van der Waals surface area contributed by atoms with Crippen LogP contribution in [0.4, 0.5) is 5.69 Å². The number of hydrogen-bond acceptors (Lipinski definition) is 4. The molecule has 23 heavy (non-hydrogen) atoms. The van der Waals surface area contributed by atoms with Crippen LogP contribution in [0, 0.1) is 0 Å². The van der Waals surface area contributed by atoms with E-state index in [-0.39, 0.29) is 5.75 Å². The third-order valence-corrected chi connectivity index (χ3v) is 3.88. The number of nitrogens with zero attached hydrogens (tertiary/aromatic N) is 3. The van der Waals surface area contributed by atoms with Crippen molar-refractivity contribution in [2.75, 3.05) is 11.9 Å². The van der Waals surface area contributed by atoms with E-state index in [0.717, 1.165) is 24.2 Å². The van der Waals surface area contributed by atoms with Crippen LogP contribution in [0.25, 0.3) is 16.7 Å². The second-order valence-electron chi connectivity index (χ2n) is 5.46. The van der Waals surface area contributed by atoms with E-state index in [1.54, 1.807) is 24.3 Å². The summed E-state index contributed by atoms with van der Waals surface area (Å²) < 4.78 is 0. The summed E-state index contributed by atoms with van der Waals surface area (Å²) in [6.07, 6.45) is 3.50. The third kappa shape index (κ3) is 3.56. The molecule has 5 nitrogen and oxygen atoms in total. The highest BCUT2D eigenvalue weighted by Crippen LogP contribution is 2.26. The average molecular weight is 331 g/mol. The smallest absolute Gasteiger partial charge is 0.145 e. The minimum atomic E-state index is 0.136. The molecule has 1 aromatic heterocycles. The molecule has 3 rings (SSSR count). The molecule has 0 amide bonds. The van der Waals surface area contributed by atoms with Gasteiger partial charge in [-0.1, -0.05) is 31.4 Å². The topological polar surface area (TPSA) is 63.0 Å². The van der Waals surface area contributed by atoms with Gasteiger partial charge in [-0.05, 0) is 36.8 Å². The number of halogens is 1. The van der Waals surface area contributed by atoms with E-state index in [1.165, 1.54) is 17.6 Å². The summed E-state index contributed by atoms with van der Waals surface area (Å²) in [7, 11) is 0. The first-order chi connectivity index (χ1) is 11.2. The highest BCUT2D eigenvalue weighted by molar-refractivity contribution is 6.31. The zero-order valence-corrected chi connectivity index (χ0v) is 13.7. The first-order valence-corrected chi connectivity index (χ1v) is 8.15. The van der Waals surface area contributed by atoms with E-state index in [9.17, 15) is 5.11 Å². The van der Waals surface area contributed by atoms with Crippen LogP contribution in [0.15, 0.2) is 36.4 Å². The van der Waals surface area contributed by atoms with Crippen LogP contribution in [0.3, 0.4) is 0 Å². The number of aromatic nitrogens is 3. The number of phenolic OH excluding ortho intramolecular Hbond substituents is 1. The molecule has 0 aliphatic heterocycles. The van der Waals surface area contributed by atoms with Gasteiger partial charge in [-0.3, -0.25) is 0 Å². The first-order valence-electron chi connectivity index (χ1n) is 7.77. The standard InChI is InChI=1S/C17H19ClN4O/c1-2-3-4-9-19-13-6-8-16(17(23)11-13)22-20-14-7-5-12(18)10-15(14)21-22/h5-8,10-11,19,23H,2-4,9H2,1H3. The fourth-order valence-electron chi connectivity index (χ4n) is 2.41. The van der Waals surface area contributed by atoms with Crippen molar-refractivity contribution < 1.29 is 5.11 Å². The Morgan fingerprint density at radius 1 is 1.09 bits per heavy atom. The summed E-state index contributed by atoms with van der Waals surface area (Å²) in [6.45, 7) is 3.07. The van der Waals surface area contributed by atoms with Crippen molar-refractivity contribution in [3.05, 3.63) is 41.4 Å². The van der Waals surface area contributed by atoms with Gasteiger partial charge in [0.25, 0.3) is 0 Å². The Kier molecular flexibility index (Phi) is 4.67. The van der Waals surface area contributed by atoms with E-state index in [4.69, 9.17) is 11.6 Å². The number of aromatic hydroxyl groups is 1. The Morgan fingerprint density at radius 3 is 2.70 bits per heavy atom. The van der Waals surface area contributed by atoms with Crippen molar-refractivity contribution in [2.24, 2.45) is 0 Å². The minimum Gasteiger partial charge on any atom is -0.506 e. The fourth-order valence-corrected chi connectivity index (χ4v) is 2.57. The van der Waals surface area contributed by atoms with Gasteiger partial charge in [-0.25, -0.2) is 0 Å². The van der Waals surface area contributed by atoms with Crippen LogP contribution in [-0.4, -0.2) is 26.6 Å². The molecule has 2 N–H and O–H groups in total. The first kappa shape index (κ1) is 15.6. The Hall–Kier alpha value is -2.27. The lowest BCUT2D eigenvalue weighted by Gasteiger charge is -2.08. The van der Waals surface area contributed by atoms with Gasteiger partial charge in [-0.15, -0.1) is 15.0 Å². The van der Waals surface area contributed by atoms with Gasteiger partial charge in [0.15, 0.2) is 0 Å². The number of nitrogens with one attached hydrogen (secondary N) is 1. The van der Waals surface area contributed by atoms with Crippen molar-refractivity contribution in [3.8, 4) is 11.4 Å². The molecule has 2 aromatic carbocycles. The molecule has 0 spiro atoms. The van der Waals surface area contributed by atoms with Crippen molar-refractivity contribution in [3.63, 3.8) is 0 Å². The van der Waals surface area contributed by atoms with Crippen LogP contribution >= 0.6 is 11.6 Å². The molecule has 0 bridgehead atoms. The van der Waals surface area contributed by atoms with Crippen LogP contribution in [0.5, 0.6) is 5.75 Å².